The first-order valence-electron chi connectivity index (χ1n) is 7.09. The molecule has 0 saturated heterocycles. The first-order chi connectivity index (χ1) is 9.25. The van der Waals surface area contributed by atoms with E-state index in [1.54, 1.807) is 17.5 Å². The van der Waals surface area contributed by atoms with Crippen LogP contribution in [-0.4, -0.2) is 28.6 Å². The van der Waals surface area contributed by atoms with Crippen LogP contribution in [0.25, 0.3) is 0 Å². The van der Waals surface area contributed by atoms with Crippen LogP contribution in [0.3, 0.4) is 0 Å². The third-order valence-electron chi connectivity index (χ3n) is 3.71. The molecule has 0 aliphatic heterocycles. The van der Waals surface area contributed by atoms with Gasteiger partial charge in [0.05, 0.1) is 11.1 Å². The van der Waals surface area contributed by atoms with Gasteiger partial charge < -0.3 is 10.4 Å². The molecule has 0 aromatic carbocycles. The second-order valence-corrected chi connectivity index (χ2v) is 6.17. The molecule has 1 fully saturated rings. The summed E-state index contributed by atoms with van der Waals surface area (Å²) in [5, 5.41) is 15.8. The van der Waals surface area contributed by atoms with Gasteiger partial charge in [-0.05, 0) is 25.7 Å². The van der Waals surface area contributed by atoms with Gasteiger partial charge in [-0.3, -0.25) is 4.79 Å². The van der Waals surface area contributed by atoms with Crippen molar-refractivity contribution in [1.82, 2.24) is 10.3 Å². The monoisotopic (exact) mass is 282 g/mol. The van der Waals surface area contributed by atoms with Crippen molar-refractivity contribution in [3.8, 4) is 0 Å². The van der Waals surface area contributed by atoms with Gasteiger partial charge in [0.25, 0.3) is 0 Å². The zero-order valence-electron chi connectivity index (χ0n) is 11.2. The van der Waals surface area contributed by atoms with E-state index in [1.165, 1.54) is 6.42 Å². The van der Waals surface area contributed by atoms with E-state index in [2.05, 4.69) is 10.3 Å². The maximum Gasteiger partial charge on any atom is 0.220 e. The van der Waals surface area contributed by atoms with Crippen molar-refractivity contribution in [3.63, 3.8) is 0 Å². The van der Waals surface area contributed by atoms with E-state index in [0.29, 0.717) is 13.0 Å². The van der Waals surface area contributed by atoms with E-state index in [4.69, 9.17) is 0 Å². The number of thiazole rings is 1. The molecule has 1 amide bonds. The van der Waals surface area contributed by atoms with Crippen LogP contribution in [0.4, 0.5) is 0 Å². The molecular formula is C14H22N2O2S. The average molecular weight is 282 g/mol. The van der Waals surface area contributed by atoms with Gasteiger partial charge in [0.15, 0.2) is 0 Å². The first kappa shape index (κ1) is 14.5. The Bertz CT molecular complexity index is 381. The van der Waals surface area contributed by atoms with Gasteiger partial charge in [-0.25, -0.2) is 4.98 Å². The van der Waals surface area contributed by atoms with Crippen LogP contribution in [0.15, 0.2) is 11.6 Å². The molecule has 4 nitrogen and oxygen atoms in total. The lowest BCUT2D eigenvalue weighted by molar-refractivity contribution is -0.121. The number of amides is 1. The van der Waals surface area contributed by atoms with Crippen molar-refractivity contribution in [3.05, 3.63) is 16.6 Å². The van der Waals surface area contributed by atoms with Gasteiger partial charge in [-0.1, -0.05) is 12.8 Å². The zero-order valence-corrected chi connectivity index (χ0v) is 12.0. The Hall–Kier alpha value is -0.940. The van der Waals surface area contributed by atoms with Crippen LogP contribution >= 0.6 is 11.3 Å². The summed E-state index contributed by atoms with van der Waals surface area (Å²) in [6.45, 7) is 0.622. The highest BCUT2D eigenvalue weighted by molar-refractivity contribution is 7.09. The van der Waals surface area contributed by atoms with E-state index in [0.717, 1.165) is 37.1 Å². The highest BCUT2D eigenvalue weighted by Gasteiger charge is 2.23. The lowest BCUT2D eigenvalue weighted by Crippen LogP contribution is -2.36. The predicted molar refractivity (Wildman–Crippen MR) is 76.0 cm³/mol. The van der Waals surface area contributed by atoms with Crippen LogP contribution < -0.4 is 5.32 Å². The average Bonchev–Trinajstić information content (AvgIpc) is 2.91. The van der Waals surface area contributed by atoms with Gasteiger partial charge in [0.1, 0.15) is 0 Å². The molecule has 1 saturated carbocycles. The Labute approximate surface area is 118 Å². The highest BCUT2D eigenvalue weighted by Crippen LogP contribution is 2.23. The molecule has 2 rings (SSSR count). The summed E-state index contributed by atoms with van der Waals surface area (Å²) < 4.78 is 0. The maximum atomic E-state index is 11.7. The first-order valence-corrected chi connectivity index (χ1v) is 7.97. The smallest absolute Gasteiger partial charge is 0.220 e. The van der Waals surface area contributed by atoms with Crippen LogP contribution in [0.5, 0.6) is 0 Å². The summed E-state index contributed by atoms with van der Waals surface area (Å²) >= 11 is 1.64. The SMILES string of the molecule is O=C(CCCc1nccs1)NC[C@@H]1CCCC[C@H]1O. The maximum absolute atomic E-state index is 11.7. The summed E-state index contributed by atoms with van der Waals surface area (Å²) in [5.41, 5.74) is 0. The Morgan fingerprint density at radius 3 is 3.05 bits per heavy atom. The third-order valence-corrected chi connectivity index (χ3v) is 4.55. The lowest BCUT2D eigenvalue weighted by atomic mass is 9.86. The van der Waals surface area contributed by atoms with Crippen LogP contribution in [0, 0.1) is 5.92 Å². The minimum atomic E-state index is -0.232. The summed E-state index contributed by atoms with van der Waals surface area (Å²) in [7, 11) is 0. The summed E-state index contributed by atoms with van der Waals surface area (Å²) in [6, 6.07) is 0. The zero-order chi connectivity index (χ0) is 13.5. The van der Waals surface area contributed by atoms with E-state index < -0.39 is 0 Å². The molecule has 0 bridgehead atoms. The number of hydrogen-bond acceptors (Lipinski definition) is 4. The lowest BCUT2D eigenvalue weighted by Gasteiger charge is -2.27. The van der Waals surface area contributed by atoms with E-state index in [9.17, 15) is 9.90 Å². The summed E-state index contributed by atoms with van der Waals surface area (Å²) in [5.74, 6) is 0.339. The molecule has 0 spiro atoms. The van der Waals surface area contributed by atoms with Crippen molar-refractivity contribution >= 4 is 17.2 Å². The molecule has 1 heterocycles. The molecular weight excluding hydrogens is 260 g/mol. The fraction of sp³-hybridized carbons (Fsp3) is 0.714. The Balaban J connectivity index is 1.59. The van der Waals surface area contributed by atoms with Crippen LogP contribution in [-0.2, 0) is 11.2 Å². The van der Waals surface area contributed by atoms with Gasteiger partial charge in [0.2, 0.25) is 5.91 Å². The second kappa shape index (κ2) is 7.60. The van der Waals surface area contributed by atoms with Crippen molar-refractivity contribution in [2.75, 3.05) is 6.54 Å². The number of carbonyl (C=O) groups is 1. The molecule has 5 heteroatoms. The van der Waals surface area contributed by atoms with Crippen molar-refractivity contribution in [2.45, 2.75) is 51.0 Å². The molecule has 1 aliphatic rings. The van der Waals surface area contributed by atoms with Crippen molar-refractivity contribution in [1.29, 1.82) is 0 Å². The number of hydrogen-bond donors (Lipinski definition) is 2. The fourth-order valence-corrected chi connectivity index (χ4v) is 3.20. The van der Waals surface area contributed by atoms with Gasteiger partial charge in [-0.2, -0.15) is 0 Å². The van der Waals surface area contributed by atoms with E-state index >= 15 is 0 Å². The van der Waals surface area contributed by atoms with Crippen molar-refractivity contribution in [2.24, 2.45) is 5.92 Å². The number of rotatable bonds is 6. The molecule has 1 aliphatic carbocycles. The Morgan fingerprint density at radius 1 is 1.47 bits per heavy atom. The molecule has 1 aromatic rings. The standard InChI is InChI=1S/C14H22N2O2S/c17-12-5-2-1-4-11(12)10-16-13(18)6-3-7-14-15-8-9-19-14/h8-9,11-12,17H,1-7,10H2,(H,16,18)/t11-,12+/m0/s1. The molecule has 19 heavy (non-hydrogen) atoms. The number of aliphatic hydroxyl groups is 1. The predicted octanol–water partition coefficient (Wildman–Crippen LogP) is 2.13. The summed E-state index contributed by atoms with van der Waals surface area (Å²) in [6.07, 6.45) is 8.01. The topological polar surface area (TPSA) is 62.2 Å². The Morgan fingerprint density at radius 2 is 2.32 bits per heavy atom. The van der Waals surface area contributed by atoms with Gasteiger partial charge in [-0.15, -0.1) is 11.3 Å². The number of nitrogens with zero attached hydrogens (tertiary/aromatic N) is 1. The molecule has 106 valence electrons. The Kier molecular flexibility index (Phi) is 5.79. The molecule has 0 unspecified atom stereocenters. The second-order valence-electron chi connectivity index (χ2n) is 5.20. The van der Waals surface area contributed by atoms with Gasteiger partial charge >= 0.3 is 0 Å². The quantitative estimate of drug-likeness (QED) is 0.840. The number of aliphatic hydroxyl groups excluding tert-OH is 1. The minimum absolute atomic E-state index is 0.0920. The van der Waals surface area contributed by atoms with E-state index in [-0.39, 0.29) is 17.9 Å². The number of aryl methyl sites for hydroxylation is 1. The minimum Gasteiger partial charge on any atom is -0.393 e. The fourth-order valence-electron chi connectivity index (χ4n) is 2.54. The van der Waals surface area contributed by atoms with Crippen LogP contribution in [0.1, 0.15) is 43.5 Å². The summed E-state index contributed by atoms with van der Waals surface area (Å²) in [4.78, 5) is 15.9. The molecule has 2 N–H and O–H groups in total. The molecule has 0 radical (unpaired) electrons. The highest BCUT2D eigenvalue weighted by atomic mass is 32.1. The van der Waals surface area contributed by atoms with Crippen molar-refractivity contribution < 1.29 is 9.90 Å². The largest absolute Gasteiger partial charge is 0.393 e. The molecule has 2 atom stereocenters. The third kappa shape index (κ3) is 4.91. The molecule has 1 aromatic heterocycles. The van der Waals surface area contributed by atoms with E-state index in [1.807, 2.05) is 5.38 Å². The number of aromatic nitrogens is 1. The van der Waals surface area contributed by atoms with Gasteiger partial charge in [0, 0.05) is 30.5 Å². The number of carbonyl (C=O) groups excluding carboxylic acids is 1. The normalized spacial score (nSPS) is 23.2. The van der Waals surface area contributed by atoms with Crippen LogP contribution in [0.2, 0.25) is 0 Å². The number of nitrogens with one attached hydrogen (secondary N) is 1.